The highest BCUT2D eigenvalue weighted by Crippen LogP contribution is 2.29. The van der Waals surface area contributed by atoms with Gasteiger partial charge in [0.2, 0.25) is 0 Å². The fourth-order valence-electron chi connectivity index (χ4n) is 2.97. The topological polar surface area (TPSA) is 94.6 Å². The summed E-state index contributed by atoms with van der Waals surface area (Å²) in [5.74, 6) is 0.0637. The van der Waals surface area contributed by atoms with Crippen molar-refractivity contribution in [3.05, 3.63) is 88.2 Å². The quantitative estimate of drug-likeness (QED) is 0.538. The summed E-state index contributed by atoms with van der Waals surface area (Å²) in [6.07, 6.45) is 2.69. The van der Waals surface area contributed by atoms with Gasteiger partial charge < -0.3 is 18.8 Å². The van der Waals surface area contributed by atoms with E-state index in [0.29, 0.717) is 12.1 Å². The summed E-state index contributed by atoms with van der Waals surface area (Å²) >= 11 is 0. The highest BCUT2D eigenvalue weighted by atomic mass is 16.5. The lowest BCUT2D eigenvalue weighted by Crippen LogP contribution is -2.21. The Morgan fingerprint density at radius 3 is 2.68 bits per heavy atom. The molecule has 2 aromatic heterocycles. The third-order valence-electron chi connectivity index (χ3n) is 4.48. The van der Waals surface area contributed by atoms with Crippen LogP contribution in [0.15, 0.2) is 70.3 Å². The number of oxazole rings is 1. The van der Waals surface area contributed by atoms with Crippen LogP contribution in [-0.4, -0.2) is 27.6 Å². The number of aromatic hydroxyl groups is 1. The summed E-state index contributed by atoms with van der Waals surface area (Å²) in [7, 11) is 1.58. The van der Waals surface area contributed by atoms with Gasteiger partial charge >= 0.3 is 0 Å². The second kappa shape index (κ2) is 7.03. The minimum absolute atomic E-state index is 0.0936. The Labute approximate surface area is 159 Å². The van der Waals surface area contributed by atoms with Crippen molar-refractivity contribution < 1.29 is 19.1 Å². The van der Waals surface area contributed by atoms with E-state index in [0.717, 1.165) is 11.3 Å². The van der Waals surface area contributed by atoms with E-state index in [9.17, 15) is 14.7 Å². The zero-order valence-corrected chi connectivity index (χ0v) is 15.0. The average Bonchev–Trinajstić information content (AvgIpc) is 3.20. The van der Waals surface area contributed by atoms with Crippen LogP contribution < -0.4 is 10.3 Å². The second-order valence-electron chi connectivity index (χ2n) is 6.22. The van der Waals surface area contributed by atoms with E-state index in [-0.39, 0.29) is 28.0 Å². The van der Waals surface area contributed by atoms with Crippen LogP contribution in [0, 0.1) is 0 Å². The number of hydrogen-bond donors (Lipinski definition) is 1. The third kappa shape index (κ3) is 3.14. The zero-order valence-electron chi connectivity index (χ0n) is 15.0. The molecule has 140 valence electrons. The first-order valence-electron chi connectivity index (χ1n) is 8.50. The molecular weight excluding hydrogens is 360 g/mol. The Morgan fingerprint density at radius 1 is 1.14 bits per heavy atom. The third-order valence-corrected chi connectivity index (χ3v) is 4.48. The van der Waals surface area contributed by atoms with Gasteiger partial charge in [-0.1, -0.05) is 12.1 Å². The number of rotatable bonds is 5. The van der Waals surface area contributed by atoms with E-state index < -0.39 is 5.78 Å². The molecule has 4 rings (SSSR count). The van der Waals surface area contributed by atoms with Crippen molar-refractivity contribution in [1.29, 1.82) is 0 Å². The summed E-state index contributed by atoms with van der Waals surface area (Å²) < 4.78 is 11.7. The molecule has 4 aromatic rings. The molecule has 0 saturated heterocycles. The molecule has 0 saturated carbocycles. The molecule has 28 heavy (non-hydrogen) atoms. The smallest absolute Gasteiger partial charge is 0.250 e. The molecule has 0 spiro atoms. The molecular formula is C21H16N2O5. The Balaban J connectivity index is 1.68. The van der Waals surface area contributed by atoms with Crippen LogP contribution in [0.5, 0.6) is 11.5 Å². The second-order valence-corrected chi connectivity index (χ2v) is 6.22. The molecule has 2 aromatic carbocycles. The van der Waals surface area contributed by atoms with E-state index in [1.807, 2.05) is 12.1 Å². The lowest BCUT2D eigenvalue weighted by molar-refractivity contribution is 0.103. The van der Waals surface area contributed by atoms with Gasteiger partial charge in [-0.25, -0.2) is 4.98 Å². The first-order chi connectivity index (χ1) is 13.6. The van der Waals surface area contributed by atoms with Crippen LogP contribution in [0.1, 0.15) is 21.5 Å². The summed E-state index contributed by atoms with van der Waals surface area (Å²) in [6, 6.07) is 13.1. The molecule has 0 aliphatic heterocycles. The maximum atomic E-state index is 12.9. The largest absolute Gasteiger partial charge is 0.505 e. The number of phenolic OH excluding ortho intramolecular Hbond substituents is 1. The highest BCUT2D eigenvalue weighted by molar-refractivity contribution is 6.12. The predicted molar refractivity (Wildman–Crippen MR) is 102 cm³/mol. The molecule has 0 atom stereocenters. The number of methoxy groups -OCH3 is 1. The Morgan fingerprint density at radius 2 is 1.93 bits per heavy atom. The van der Waals surface area contributed by atoms with Gasteiger partial charge in [0.1, 0.15) is 5.75 Å². The molecule has 0 bridgehead atoms. The normalized spacial score (nSPS) is 10.9. The van der Waals surface area contributed by atoms with Gasteiger partial charge in [0.15, 0.2) is 29.0 Å². The Bertz CT molecular complexity index is 1220. The number of phenols is 1. The SMILES string of the molecule is COc1ccc(Cn2cc(C(=O)c3ccc4ocnc4c3O)ccc2=O)cc1. The van der Waals surface area contributed by atoms with Gasteiger partial charge in [0, 0.05) is 17.8 Å². The molecule has 0 amide bonds. The van der Waals surface area contributed by atoms with E-state index in [4.69, 9.17) is 9.15 Å². The average molecular weight is 376 g/mol. The highest BCUT2D eigenvalue weighted by Gasteiger charge is 2.18. The lowest BCUT2D eigenvalue weighted by atomic mass is 10.0. The molecule has 0 radical (unpaired) electrons. The molecule has 0 aliphatic rings. The molecule has 0 unspecified atom stereocenters. The van der Waals surface area contributed by atoms with Crippen molar-refractivity contribution in [1.82, 2.24) is 9.55 Å². The number of aromatic nitrogens is 2. The van der Waals surface area contributed by atoms with Crippen molar-refractivity contribution >= 4 is 16.9 Å². The van der Waals surface area contributed by atoms with Gasteiger partial charge in [-0.15, -0.1) is 0 Å². The number of ether oxygens (including phenoxy) is 1. The molecule has 7 nitrogen and oxygen atoms in total. The van der Waals surface area contributed by atoms with Gasteiger partial charge in [-0.05, 0) is 35.9 Å². The van der Waals surface area contributed by atoms with Crippen molar-refractivity contribution in [2.45, 2.75) is 6.54 Å². The molecule has 0 fully saturated rings. The number of nitrogens with zero attached hydrogens (tertiary/aromatic N) is 2. The van der Waals surface area contributed by atoms with Crippen molar-refractivity contribution in [3.63, 3.8) is 0 Å². The number of benzene rings is 2. The van der Waals surface area contributed by atoms with E-state index in [1.165, 1.54) is 35.4 Å². The number of hydrogen-bond acceptors (Lipinski definition) is 6. The van der Waals surface area contributed by atoms with E-state index >= 15 is 0 Å². The first-order valence-corrected chi connectivity index (χ1v) is 8.50. The van der Waals surface area contributed by atoms with Crippen LogP contribution in [0.25, 0.3) is 11.1 Å². The van der Waals surface area contributed by atoms with Crippen LogP contribution in [0.3, 0.4) is 0 Å². The summed E-state index contributed by atoms with van der Waals surface area (Å²) in [5, 5.41) is 10.4. The fourth-order valence-corrected chi connectivity index (χ4v) is 2.97. The maximum absolute atomic E-state index is 12.9. The Kier molecular flexibility index (Phi) is 4.41. The van der Waals surface area contributed by atoms with Crippen LogP contribution in [-0.2, 0) is 6.54 Å². The van der Waals surface area contributed by atoms with Crippen molar-refractivity contribution in [3.8, 4) is 11.5 Å². The minimum Gasteiger partial charge on any atom is -0.505 e. The van der Waals surface area contributed by atoms with Crippen LogP contribution in [0.2, 0.25) is 0 Å². The van der Waals surface area contributed by atoms with Crippen molar-refractivity contribution in [2.24, 2.45) is 0 Å². The van der Waals surface area contributed by atoms with Crippen molar-refractivity contribution in [2.75, 3.05) is 7.11 Å². The van der Waals surface area contributed by atoms with Gasteiger partial charge in [0.05, 0.1) is 19.2 Å². The molecule has 2 heterocycles. The molecule has 1 N–H and O–H groups in total. The molecule has 7 heteroatoms. The summed E-state index contributed by atoms with van der Waals surface area (Å²) in [6.45, 7) is 0.304. The zero-order chi connectivity index (χ0) is 19.7. The van der Waals surface area contributed by atoms with Crippen LogP contribution in [0.4, 0.5) is 0 Å². The van der Waals surface area contributed by atoms with Gasteiger partial charge in [-0.3, -0.25) is 9.59 Å². The van der Waals surface area contributed by atoms with E-state index in [2.05, 4.69) is 4.98 Å². The van der Waals surface area contributed by atoms with E-state index in [1.54, 1.807) is 25.3 Å². The first kappa shape index (κ1) is 17.5. The number of carbonyl (C=O) groups excluding carboxylic acids is 1. The number of fused-ring (bicyclic) bond motifs is 1. The predicted octanol–water partition coefficient (Wildman–Crippen LogP) is 2.98. The fraction of sp³-hybridized carbons (Fsp3) is 0.0952. The summed E-state index contributed by atoms with van der Waals surface area (Å²) in [4.78, 5) is 29.0. The number of carbonyl (C=O) groups is 1. The maximum Gasteiger partial charge on any atom is 0.250 e. The molecule has 0 aliphatic carbocycles. The van der Waals surface area contributed by atoms with Gasteiger partial charge in [-0.2, -0.15) is 0 Å². The Hall–Kier alpha value is -3.87. The minimum atomic E-state index is -0.411. The van der Waals surface area contributed by atoms with Crippen LogP contribution >= 0.6 is 0 Å². The standard InChI is InChI=1S/C21H16N2O5/c1-27-15-5-2-13(3-6-15)10-23-11-14(4-9-18(23)24)20(25)16-7-8-17-19(21(16)26)22-12-28-17/h2-9,11-12,26H,10H2,1H3. The monoisotopic (exact) mass is 376 g/mol. The van der Waals surface area contributed by atoms with Gasteiger partial charge in [0.25, 0.3) is 5.56 Å². The number of ketones is 1. The lowest BCUT2D eigenvalue weighted by Gasteiger charge is -2.09. The summed E-state index contributed by atoms with van der Waals surface area (Å²) in [5.41, 5.74) is 1.64. The number of pyridine rings is 1.